The molecule has 2 aliphatic rings. The molecule has 11 heteroatoms. The standard InChI is InChI=1S/C24H32N4O6S/c25-20-14-28(15-21(20)30)35(32,33)23-8-4-3-7-22(23)34-16-24(31)26-11-19(29)13-27-10-9-17-5-1-2-6-18(17)12-27/h1-8,19-21,29-30H,9-16,25H2,(H,26,31). The molecular formula is C24H32N4O6S. The minimum Gasteiger partial charge on any atom is -0.482 e. The van der Waals surface area contributed by atoms with Crippen molar-refractivity contribution >= 4 is 15.9 Å². The monoisotopic (exact) mass is 504 g/mol. The van der Waals surface area contributed by atoms with Crippen LogP contribution in [0.15, 0.2) is 53.4 Å². The quantitative estimate of drug-likeness (QED) is 0.351. The Morgan fingerprint density at radius 1 is 1.14 bits per heavy atom. The summed E-state index contributed by atoms with van der Waals surface area (Å²) in [5, 5.41) is 22.9. The number of aliphatic hydroxyl groups is 2. The van der Waals surface area contributed by atoms with Crippen LogP contribution < -0.4 is 15.8 Å². The lowest BCUT2D eigenvalue weighted by Gasteiger charge is -2.30. The van der Waals surface area contributed by atoms with Gasteiger partial charge in [0, 0.05) is 45.3 Å². The first-order valence-electron chi connectivity index (χ1n) is 11.6. The van der Waals surface area contributed by atoms with Crippen LogP contribution in [0, 0.1) is 0 Å². The Labute approximate surface area is 205 Å². The number of nitrogens with one attached hydrogen (secondary N) is 1. The van der Waals surface area contributed by atoms with Crippen LogP contribution in [-0.2, 0) is 27.8 Å². The Morgan fingerprint density at radius 3 is 2.60 bits per heavy atom. The summed E-state index contributed by atoms with van der Waals surface area (Å²) in [6.07, 6.45) is -0.759. The lowest BCUT2D eigenvalue weighted by molar-refractivity contribution is -0.123. The number of nitrogens with two attached hydrogens (primary N) is 1. The van der Waals surface area contributed by atoms with Crippen molar-refractivity contribution in [2.45, 2.75) is 36.1 Å². The van der Waals surface area contributed by atoms with E-state index in [0.29, 0.717) is 6.54 Å². The van der Waals surface area contributed by atoms with E-state index >= 15 is 0 Å². The summed E-state index contributed by atoms with van der Waals surface area (Å²) >= 11 is 0. The van der Waals surface area contributed by atoms with Crippen LogP contribution in [0.4, 0.5) is 0 Å². The van der Waals surface area contributed by atoms with E-state index in [2.05, 4.69) is 22.3 Å². The predicted molar refractivity (Wildman–Crippen MR) is 129 cm³/mol. The van der Waals surface area contributed by atoms with Gasteiger partial charge in [-0.05, 0) is 29.7 Å². The molecule has 0 saturated carbocycles. The minimum atomic E-state index is -3.96. The number of aliphatic hydroxyl groups excluding tert-OH is 2. The van der Waals surface area contributed by atoms with Gasteiger partial charge >= 0.3 is 0 Å². The van der Waals surface area contributed by atoms with Crippen molar-refractivity contribution in [3.8, 4) is 5.75 Å². The molecule has 0 aromatic heterocycles. The molecule has 1 fully saturated rings. The number of hydrogen-bond acceptors (Lipinski definition) is 8. The van der Waals surface area contributed by atoms with Crippen molar-refractivity contribution in [2.75, 3.05) is 39.3 Å². The molecule has 0 radical (unpaired) electrons. The second-order valence-corrected chi connectivity index (χ2v) is 10.9. The van der Waals surface area contributed by atoms with Gasteiger partial charge in [0.15, 0.2) is 6.61 Å². The van der Waals surface area contributed by atoms with Crippen LogP contribution in [0.3, 0.4) is 0 Å². The summed E-state index contributed by atoms with van der Waals surface area (Å²) in [4.78, 5) is 14.4. The zero-order chi connectivity index (χ0) is 25.0. The molecule has 1 saturated heterocycles. The number of ether oxygens (including phenoxy) is 1. The first-order chi connectivity index (χ1) is 16.7. The van der Waals surface area contributed by atoms with E-state index in [1.165, 1.54) is 23.3 Å². The van der Waals surface area contributed by atoms with Gasteiger partial charge in [0.2, 0.25) is 10.0 Å². The lowest BCUT2D eigenvalue weighted by Crippen LogP contribution is -2.43. The SMILES string of the molecule is NC1CN(S(=O)(=O)c2ccccc2OCC(=O)NCC(O)CN2CCc3ccccc3C2)CC1O. The summed E-state index contributed by atoms with van der Waals surface area (Å²) in [5.41, 5.74) is 8.33. The maximum Gasteiger partial charge on any atom is 0.258 e. The highest BCUT2D eigenvalue weighted by Crippen LogP contribution is 2.28. The average Bonchev–Trinajstić information content (AvgIpc) is 3.20. The molecule has 35 heavy (non-hydrogen) atoms. The molecular weight excluding hydrogens is 472 g/mol. The zero-order valence-corrected chi connectivity index (χ0v) is 20.2. The Kier molecular flexibility index (Phi) is 8.05. The van der Waals surface area contributed by atoms with Crippen LogP contribution in [0.5, 0.6) is 5.75 Å². The highest BCUT2D eigenvalue weighted by atomic mass is 32.2. The Balaban J connectivity index is 1.26. The van der Waals surface area contributed by atoms with Gasteiger partial charge in [0.05, 0.1) is 12.2 Å². The fraction of sp³-hybridized carbons (Fsp3) is 0.458. The number of amides is 1. The number of rotatable bonds is 9. The van der Waals surface area contributed by atoms with Gasteiger partial charge in [-0.2, -0.15) is 4.31 Å². The van der Waals surface area contributed by atoms with Crippen molar-refractivity contribution in [3.63, 3.8) is 0 Å². The van der Waals surface area contributed by atoms with E-state index < -0.39 is 40.8 Å². The molecule has 2 heterocycles. The molecule has 2 aromatic rings. The van der Waals surface area contributed by atoms with E-state index in [0.717, 1.165) is 23.8 Å². The van der Waals surface area contributed by atoms with Gasteiger partial charge in [-0.3, -0.25) is 9.69 Å². The predicted octanol–water partition coefficient (Wildman–Crippen LogP) is -0.707. The fourth-order valence-corrected chi connectivity index (χ4v) is 6.02. The average molecular weight is 505 g/mol. The molecule has 5 N–H and O–H groups in total. The maximum absolute atomic E-state index is 13.0. The molecule has 0 bridgehead atoms. The van der Waals surface area contributed by atoms with Gasteiger partial charge in [-0.1, -0.05) is 36.4 Å². The number of β-amino-alcohol motifs (C(OH)–C–C–N with tert-alkyl or cyclic N) is 2. The number of carbonyl (C=O) groups is 1. The third kappa shape index (κ3) is 6.18. The van der Waals surface area contributed by atoms with Crippen LogP contribution in [0.1, 0.15) is 11.1 Å². The first-order valence-corrected chi connectivity index (χ1v) is 13.1. The third-order valence-corrected chi connectivity index (χ3v) is 8.21. The van der Waals surface area contributed by atoms with Crippen molar-refractivity contribution in [3.05, 3.63) is 59.7 Å². The smallest absolute Gasteiger partial charge is 0.258 e. The topological polar surface area (TPSA) is 145 Å². The molecule has 2 aliphatic heterocycles. The van der Waals surface area contributed by atoms with E-state index in [1.54, 1.807) is 12.1 Å². The lowest BCUT2D eigenvalue weighted by atomic mass is 10.00. The van der Waals surface area contributed by atoms with Gasteiger partial charge < -0.3 is 26.0 Å². The van der Waals surface area contributed by atoms with Crippen molar-refractivity contribution in [1.82, 2.24) is 14.5 Å². The van der Waals surface area contributed by atoms with E-state index in [-0.39, 0.29) is 30.3 Å². The largest absolute Gasteiger partial charge is 0.482 e. The van der Waals surface area contributed by atoms with Crippen LogP contribution in [0.2, 0.25) is 0 Å². The number of sulfonamides is 1. The molecule has 4 rings (SSSR count). The first kappa shape index (κ1) is 25.5. The molecule has 10 nitrogen and oxygen atoms in total. The van der Waals surface area contributed by atoms with Crippen molar-refractivity contribution < 1.29 is 28.2 Å². The van der Waals surface area contributed by atoms with Gasteiger partial charge in [0.25, 0.3) is 5.91 Å². The Morgan fingerprint density at radius 2 is 1.86 bits per heavy atom. The molecule has 190 valence electrons. The second kappa shape index (κ2) is 11.0. The molecule has 3 unspecified atom stereocenters. The zero-order valence-electron chi connectivity index (χ0n) is 19.4. The van der Waals surface area contributed by atoms with Crippen molar-refractivity contribution in [1.29, 1.82) is 0 Å². The Bertz CT molecular complexity index is 1130. The highest BCUT2D eigenvalue weighted by molar-refractivity contribution is 7.89. The van der Waals surface area contributed by atoms with E-state index in [1.807, 2.05) is 12.1 Å². The fourth-order valence-electron chi connectivity index (χ4n) is 4.39. The van der Waals surface area contributed by atoms with Gasteiger partial charge in [-0.25, -0.2) is 8.42 Å². The summed E-state index contributed by atoms with van der Waals surface area (Å²) in [6.45, 7) is 1.59. The molecule has 3 atom stereocenters. The maximum atomic E-state index is 13.0. The van der Waals surface area contributed by atoms with Gasteiger partial charge in [0.1, 0.15) is 10.6 Å². The molecule has 0 spiro atoms. The summed E-state index contributed by atoms with van der Waals surface area (Å²) in [6, 6.07) is 13.6. The normalized spacial score (nSPS) is 21.9. The Hall–Kier alpha value is -2.54. The molecule has 1 amide bonds. The summed E-state index contributed by atoms with van der Waals surface area (Å²) < 4.78 is 32.7. The second-order valence-electron chi connectivity index (χ2n) is 9.00. The third-order valence-electron chi connectivity index (χ3n) is 6.34. The van der Waals surface area contributed by atoms with Crippen LogP contribution >= 0.6 is 0 Å². The summed E-state index contributed by atoms with van der Waals surface area (Å²) in [5.74, 6) is -0.441. The number of hydrogen-bond donors (Lipinski definition) is 4. The highest BCUT2D eigenvalue weighted by Gasteiger charge is 2.38. The van der Waals surface area contributed by atoms with Crippen molar-refractivity contribution in [2.24, 2.45) is 5.73 Å². The van der Waals surface area contributed by atoms with E-state index in [9.17, 15) is 23.4 Å². The molecule has 2 aromatic carbocycles. The van der Waals surface area contributed by atoms with Crippen LogP contribution in [-0.4, -0.2) is 91.3 Å². The minimum absolute atomic E-state index is 0.00118. The number of carbonyl (C=O) groups excluding carboxylic acids is 1. The van der Waals surface area contributed by atoms with Crippen LogP contribution in [0.25, 0.3) is 0 Å². The number of benzene rings is 2. The van der Waals surface area contributed by atoms with Gasteiger partial charge in [-0.15, -0.1) is 0 Å². The number of nitrogens with zero attached hydrogens (tertiary/aromatic N) is 2. The van der Waals surface area contributed by atoms with E-state index in [4.69, 9.17) is 10.5 Å². The molecule has 0 aliphatic carbocycles. The number of fused-ring (bicyclic) bond motifs is 1. The number of para-hydroxylation sites is 1. The summed E-state index contributed by atoms with van der Waals surface area (Å²) in [7, 11) is -3.96.